The van der Waals surface area contributed by atoms with E-state index in [9.17, 15) is 9.90 Å². The van der Waals surface area contributed by atoms with Crippen molar-refractivity contribution in [1.29, 1.82) is 0 Å². The number of unbranched alkanes of at least 4 members (excludes halogenated alkanes) is 1. The van der Waals surface area contributed by atoms with Crippen molar-refractivity contribution in [2.45, 2.75) is 32.7 Å². The lowest BCUT2D eigenvalue weighted by Gasteiger charge is -2.08. The third-order valence-electron chi connectivity index (χ3n) is 4.33. The lowest BCUT2D eigenvalue weighted by Crippen LogP contribution is -2.18. The Morgan fingerprint density at radius 3 is 2.68 bits per heavy atom. The van der Waals surface area contributed by atoms with E-state index in [1.165, 1.54) is 11.5 Å². The maximum atomic E-state index is 12.8. The number of phenolic OH excluding ortho intramolecular Hbond substituents is 1. The first-order chi connectivity index (χ1) is 13.7. The van der Waals surface area contributed by atoms with E-state index >= 15 is 0 Å². The van der Waals surface area contributed by atoms with Crippen LogP contribution >= 0.6 is 11.5 Å². The van der Waals surface area contributed by atoms with Gasteiger partial charge in [-0.05, 0) is 30.5 Å². The van der Waals surface area contributed by atoms with Gasteiger partial charge in [0.1, 0.15) is 17.2 Å². The minimum Gasteiger partial charge on any atom is -0.508 e. The first-order valence-electron chi connectivity index (χ1n) is 9.64. The lowest BCUT2D eigenvalue weighted by atomic mass is 10.2. The number of anilines is 1. The Kier molecular flexibility index (Phi) is 7.14. The van der Waals surface area contributed by atoms with Gasteiger partial charge in [0.25, 0.3) is 5.56 Å². The summed E-state index contributed by atoms with van der Waals surface area (Å²) in [5.41, 5.74) is 1.77. The molecule has 5 nitrogen and oxygen atoms in total. The molecule has 0 unspecified atom stereocenters. The van der Waals surface area contributed by atoms with Crippen LogP contribution < -0.4 is 15.6 Å². The van der Waals surface area contributed by atoms with Crippen LogP contribution in [0.3, 0.4) is 0 Å². The van der Waals surface area contributed by atoms with Gasteiger partial charge in [-0.3, -0.25) is 8.75 Å². The Labute approximate surface area is 169 Å². The van der Waals surface area contributed by atoms with Gasteiger partial charge in [0.05, 0.1) is 11.5 Å². The Bertz CT molecular complexity index is 934. The van der Waals surface area contributed by atoms with Crippen LogP contribution in [-0.4, -0.2) is 22.2 Å². The summed E-state index contributed by atoms with van der Waals surface area (Å²) in [5.74, 6) is 0.830. The number of nitrogens with one attached hydrogen (secondary N) is 1. The van der Waals surface area contributed by atoms with Crippen LogP contribution in [0.1, 0.15) is 26.2 Å². The normalized spacial score (nSPS) is 10.8. The number of nitrogens with zero attached hydrogens (tertiary/aromatic N) is 1. The molecule has 0 saturated heterocycles. The highest BCUT2D eigenvalue weighted by atomic mass is 32.1. The van der Waals surface area contributed by atoms with Gasteiger partial charge in [0.2, 0.25) is 0 Å². The number of ether oxygens (including phenoxy) is 1. The molecule has 0 aliphatic carbocycles. The molecular weight excluding hydrogens is 372 g/mol. The van der Waals surface area contributed by atoms with Crippen LogP contribution in [-0.2, 0) is 6.54 Å². The molecule has 0 amide bonds. The van der Waals surface area contributed by atoms with Gasteiger partial charge in [-0.15, -0.1) is 0 Å². The first kappa shape index (κ1) is 20.0. The molecule has 28 heavy (non-hydrogen) atoms. The van der Waals surface area contributed by atoms with Crippen molar-refractivity contribution >= 4 is 17.2 Å². The summed E-state index contributed by atoms with van der Waals surface area (Å²) in [5, 5.41) is 12.8. The molecular formula is C22H26N2O3S. The number of hydrogen-bond acceptors (Lipinski definition) is 5. The summed E-state index contributed by atoms with van der Waals surface area (Å²) in [6, 6.07) is 16.8. The van der Waals surface area contributed by atoms with Crippen LogP contribution in [0.5, 0.6) is 11.5 Å². The van der Waals surface area contributed by atoms with E-state index in [1.54, 1.807) is 18.2 Å². The third kappa shape index (κ3) is 5.16. The van der Waals surface area contributed by atoms with Crippen molar-refractivity contribution in [3.63, 3.8) is 0 Å². The van der Waals surface area contributed by atoms with E-state index in [0.717, 1.165) is 36.2 Å². The number of phenols is 1. The van der Waals surface area contributed by atoms with Crippen molar-refractivity contribution in [3.8, 4) is 21.9 Å². The van der Waals surface area contributed by atoms with Gasteiger partial charge >= 0.3 is 0 Å². The van der Waals surface area contributed by atoms with Gasteiger partial charge in [0.15, 0.2) is 0 Å². The zero-order valence-electron chi connectivity index (χ0n) is 16.1. The topological polar surface area (TPSA) is 63.5 Å². The van der Waals surface area contributed by atoms with Crippen molar-refractivity contribution in [3.05, 3.63) is 65.0 Å². The van der Waals surface area contributed by atoms with Gasteiger partial charge < -0.3 is 15.2 Å². The molecule has 2 N–H and O–H groups in total. The number of aryl methyl sites for hydroxylation is 1. The van der Waals surface area contributed by atoms with E-state index < -0.39 is 0 Å². The van der Waals surface area contributed by atoms with Crippen LogP contribution in [0, 0.1) is 0 Å². The molecule has 1 heterocycles. The predicted octanol–water partition coefficient (Wildman–Crippen LogP) is 4.96. The van der Waals surface area contributed by atoms with Gasteiger partial charge in [-0.2, -0.15) is 0 Å². The molecule has 148 valence electrons. The molecule has 3 aromatic rings. The Hall–Kier alpha value is -2.73. The van der Waals surface area contributed by atoms with E-state index in [2.05, 4.69) is 12.2 Å². The number of benzene rings is 2. The van der Waals surface area contributed by atoms with Crippen molar-refractivity contribution in [2.75, 3.05) is 18.5 Å². The Balaban J connectivity index is 1.64. The molecule has 6 heteroatoms. The number of hydrogen-bond donors (Lipinski definition) is 2. The van der Waals surface area contributed by atoms with Crippen molar-refractivity contribution < 1.29 is 9.84 Å². The highest BCUT2D eigenvalue weighted by molar-refractivity contribution is 7.10. The average Bonchev–Trinajstić information content (AvgIpc) is 3.02. The summed E-state index contributed by atoms with van der Waals surface area (Å²) < 4.78 is 7.49. The van der Waals surface area contributed by atoms with Crippen molar-refractivity contribution in [1.82, 2.24) is 3.96 Å². The third-order valence-corrected chi connectivity index (χ3v) is 5.52. The van der Waals surface area contributed by atoms with E-state index in [0.29, 0.717) is 24.6 Å². The van der Waals surface area contributed by atoms with Gasteiger partial charge in [-0.1, -0.05) is 61.3 Å². The van der Waals surface area contributed by atoms with E-state index in [-0.39, 0.29) is 11.3 Å². The summed E-state index contributed by atoms with van der Waals surface area (Å²) >= 11 is 1.52. The fraction of sp³-hybridized carbons (Fsp3) is 0.318. The number of aromatic hydroxyl groups is 1. The lowest BCUT2D eigenvalue weighted by molar-refractivity contribution is 0.313. The second kappa shape index (κ2) is 9.99. The average molecular weight is 399 g/mol. The molecule has 0 bridgehead atoms. The molecule has 0 aliphatic heterocycles. The summed E-state index contributed by atoms with van der Waals surface area (Å²) in [6.07, 6.45) is 2.79. The van der Waals surface area contributed by atoms with Gasteiger partial charge in [-0.25, -0.2) is 0 Å². The van der Waals surface area contributed by atoms with Crippen molar-refractivity contribution in [2.24, 2.45) is 0 Å². The highest BCUT2D eigenvalue weighted by Gasteiger charge is 2.16. The second-order valence-corrected chi connectivity index (χ2v) is 7.58. The largest absolute Gasteiger partial charge is 0.508 e. The maximum Gasteiger partial charge on any atom is 0.284 e. The zero-order valence-corrected chi connectivity index (χ0v) is 16.9. The van der Waals surface area contributed by atoms with Gasteiger partial charge in [0, 0.05) is 19.2 Å². The van der Waals surface area contributed by atoms with E-state index in [1.807, 2.05) is 40.4 Å². The molecule has 0 atom stereocenters. The minimum atomic E-state index is 0.0474. The van der Waals surface area contributed by atoms with Crippen LogP contribution in [0.15, 0.2) is 59.4 Å². The molecule has 0 saturated carbocycles. The van der Waals surface area contributed by atoms with E-state index in [4.69, 9.17) is 4.74 Å². The molecule has 0 spiro atoms. The highest BCUT2D eigenvalue weighted by Crippen LogP contribution is 2.30. The summed E-state index contributed by atoms with van der Waals surface area (Å²) in [6.45, 7) is 4.02. The molecule has 3 rings (SSSR count). The fourth-order valence-corrected chi connectivity index (χ4v) is 3.97. The quantitative estimate of drug-likeness (QED) is 0.474. The standard InChI is InChI=1S/C22H26N2O3S/c1-2-3-14-24-22(26)20(21(28-24)17-9-5-4-6-10-17)23-13-8-15-27-19-12-7-11-18(25)16-19/h4-7,9-12,16,23,25H,2-3,8,13-15H2,1H3. The predicted molar refractivity (Wildman–Crippen MR) is 116 cm³/mol. The number of rotatable bonds is 10. The second-order valence-electron chi connectivity index (χ2n) is 6.55. The zero-order chi connectivity index (χ0) is 19.8. The molecule has 2 aromatic carbocycles. The molecule has 1 aromatic heterocycles. The molecule has 0 radical (unpaired) electrons. The molecule has 0 aliphatic rings. The monoisotopic (exact) mass is 398 g/mol. The minimum absolute atomic E-state index is 0.0474. The first-order valence-corrected chi connectivity index (χ1v) is 10.4. The summed E-state index contributed by atoms with van der Waals surface area (Å²) in [4.78, 5) is 13.8. The smallest absolute Gasteiger partial charge is 0.284 e. The van der Waals surface area contributed by atoms with Crippen LogP contribution in [0.2, 0.25) is 0 Å². The Morgan fingerprint density at radius 2 is 1.93 bits per heavy atom. The Morgan fingerprint density at radius 1 is 1.11 bits per heavy atom. The molecule has 0 fully saturated rings. The van der Waals surface area contributed by atoms with Crippen LogP contribution in [0.25, 0.3) is 10.4 Å². The number of aromatic nitrogens is 1. The summed E-state index contributed by atoms with van der Waals surface area (Å²) in [7, 11) is 0. The van der Waals surface area contributed by atoms with Crippen LogP contribution in [0.4, 0.5) is 5.69 Å². The SMILES string of the molecule is CCCCn1sc(-c2ccccc2)c(NCCCOc2cccc(O)c2)c1=O. The fourth-order valence-electron chi connectivity index (χ4n) is 2.86. The maximum absolute atomic E-state index is 12.8.